The van der Waals surface area contributed by atoms with Crippen molar-refractivity contribution in [2.75, 3.05) is 5.32 Å². The van der Waals surface area contributed by atoms with Gasteiger partial charge in [0, 0.05) is 17.7 Å². The first kappa shape index (κ1) is 20.5. The first-order valence-corrected chi connectivity index (χ1v) is 11.4. The quantitative estimate of drug-likeness (QED) is 0.735. The molecular formula is C20H28N4O3S. The molecule has 1 aliphatic rings. The van der Waals surface area contributed by atoms with Crippen LogP contribution in [0.4, 0.5) is 5.82 Å². The van der Waals surface area contributed by atoms with Crippen molar-refractivity contribution in [3.05, 3.63) is 42.1 Å². The number of rotatable bonds is 7. The highest BCUT2D eigenvalue weighted by atomic mass is 32.2. The van der Waals surface area contributed by atoms with Crippen molar-refractivity contribution in [1.29, 1.82) is 0 Å². The second kappa shape index (κ2) is 8.87. The number of hydrogen-bond acceptors (Lipinski definition) is 4. The number of nitrogens with zero attached hydrogens (tertiary/aromatic N) is 2. The van der Waals surface area contributed by atoms with Crippen LogP contribution in [0.25, 0.3) is 0 Å². The van der Waals surface area contributed by atoms with Crippen LogP contribution in [0, 0.1) is 0 Å². The van der Waals surface area contributed by atoms with Crippen LogP contribution in [-0.2, 0) is 10.0 Å². The summed E-state index contributed by atoms with van der Waals surface area (Å²) in [6.45, 7) is 3.73. The second-order valence-corrected chi connectivity index (χ2v) is 9.08. The van der Waals surface area contributed by atoms with Gasteiger partial charge in [-0.05, 0) is 50.5 Å². The summed E-state index contributed by atoms with van der Waals surface area (Å²) >= 11 is 0. The molecule has 1 amide bonds. The number of anilines is 1. The predicted octanol–water partition coefficient (Wildman–Crippen LogP) is 3.72. The van der Waals surface area contributed by atoms with E-state index in [0.29, 0.717) is 23.8 Å². The van der Waals surface area contributed by atoms with Crippen LogP contribution in [0.3, 0.4) is 0 Å². The Hall–Kier alpha value is -2.19. The molecule has 1 atom stereocenters. The number of sulfonamides is 1. The Kier molecular flexibility index (Phi) is 6.51. The number of benzene rings is 1. The zero-order chi connectivity index (χ0) is 20.1. The minimum absolute atomic E-state index is 0.145. The smallest absolute Gasteiger partial charge is 0.256 e. The fourth-order valence-electron chi connectivity index (χ4n) is 3.42. The van der Waals surface area contributed by atoms with Crippen molar-refractivity contribution in [2.24, 2.45) is 0 Å². The van der Waals surface area contributed by atoms with Crippen LogP contribution in [0.15, 0.2) is 41.4 Å². The zero-order valence-electron chi connectivity index (χ0n) is 16.4. The Morgan fingerprint density at radius 2 is 1.86 bits per heavy atom. The van der Waals surface area contributed by atoms with E-state index in [2.05, 4.69) is 15.1 Å². The van der Waals surface area contributed by atoms with Crippen molar-refractivity contribution >= 4 is 21.7 Å². The van der Waals surface area contributed by atoms with Crippen molar-refractivity contribution in [1.82, 2.24) is 14.5 Å². The number of aromatic nitrogens is 2. The first-order valence-electron chi connectivity index (χ1n) is 9.88. The minimum atomic E-state index is -3.58. The van der Waals surface area contributed by atoms with Crippen LogP contribution in [-0.4, -0.2) is 30.1 Å². The molecule has 28 heavy (non-hydrogen) atoms. The molecule has 2 aromatic rings. The number of nitrogens with one attached hydrogen (secondary N) is 2. The summed E-state index contributed by atoms with van der Waals surface area (Å²) < 4.78 is 29.2. The molecule has 2 N–H and O–H groups in total. The van der Waals surface area contributed by atoms with Gasteiger partial charge in [-0.25, -0.2) is 17.8 Å². The van der Waals surface area contributed by atoms with Gasteiger partial charge in [-0.1, -0.05) is 26.2 Å². The predicted molar refractivity (Wildman–Crippen MR) is 109 cm³/mol. The van der Waals surface area contributed by atoms with Gasteiger partial charge in [0.15, 0.2) is 0 Å². The molecule has 1 aromatic carbocycles. The molecule has 3 rings (SSSR count). The van der Waals surface area contributed by atoms with E-state index in [0.717, 1.165) is 12.8 Å². The molecule has 1 unspecified atom stereocenters. The topological polar surface area (TPSA) is 93.1 Å². The molecular weight excluding hydrogens is 376 g/mol. The molecule has 152 valence electrons. The van der Waals surface area contributed by atoms with Gasteiger partial charge in [0.1, 0.15) is 5.82 Å². The molecule has 0 radical (unpaired) electrons. The maximum atomic E-state index is 12.6. The van der Waals surface area contributed by atoms with Crippen molar-refractivity contribution < 1.29 is 13.2 Å². The van der Waals surface area contributed by atoms with Crippen molar-refractivity contribution in [2.45, 2.75) is 69.4 Å². The molecule has 0 bridgehead atoms. The summed E-state index contributed by atoms with van der Waals surface area (Å²) in [6.07, 6.45) is 8.15. The molecule has 1 fully saturated rings. The summed E-state index contributed by atoms with van der Waals surface area (Å²) in [6, 6.07) is 7.94. The largest absolute Gasteiger partial charge is 0.307 e. The van der Waals surface area contributed by atoms with E-state index in [-0.39, 0.29) is 16.8 Å². The zero-order valence-corrected chi connectivity index (χ0v) is 17.2. The molecule has 7 nitrogen and oxygen atoms in total. The molecule has 1 aliphatic carbocycles. The van der Waals surface area contributed by atoms with Crippen LogP contribution in [0.1, 0.15) is 68.8 Å². The third kappa shape index (κ3) is 4.80. The third-order valence-electron chi connectivity index (χ3n) is 5.23. The average molecular weight is 405 g/mol. The van der Waals surface area contributed by atoms with E-state index in [4.69, 9.17) is 0 Å². The SMILES string of the molecule is CCC(C)NS(=O)(=O)c1ccc(C(=O)Nc2ccnn2C2CCCCC2)cc1. The van der Waals surface area contributed by atoms with E-state index in [1.807, 2.05) is 18.5 Å². The number of amides is 1. The Morgan fingerprint density at radius 1 is 1.18 bits per heavy atom. The van der Waals surface area contributed by atoms with E-state index in [1.165, 1.54) is 43.5 Å². The molecule has 0 saturated heterocycles. The van der Waals surface area contributed by atoms with Crippen LogP contribution in [0.2, 0.25) is 0 Å². The lowest BCUT2D eigenvalue weighted by molar-refractivity contribution is 0.102. The fourth-order valence-corrected chi connectivity index (χ4v) is 4.75. The van der Waals surface area contributed by atoms with Gasteiger partial charge in [0.05, 0.1) is 17.1 Å². The van der Waals surface area contributed by atoms with Crippen molar-refractivity contribution in [3.8, 4) is 0 Å². The van der Waals surface area contributed by atoms with E-state index >= 15 is 0 Å². The number of carbonyl (C=O) groups excluding carboxylic acids is 1. The van der Waals surface area contributed by atoms with Crippen LogP contribution < -0.4 is 10.0 Å². The summed E-state index contributed by atoms with van der Waals surface area (Å²) in [5, 5.41) is 7.28. The van der Waals surface area contributed by atoms with Crippen LogP contribution >= 0.6 is 0 Å². The third-order valence-corrected chi connectivity index (χ3v) is 6.83. The van der Waals surface area contributed by atoms with Gasteiger partial charge in [0.25, 0.3) is 5.91 Å². The minimum Gasteiger partial charge on any atom is -0.307 e. The summed E-state index contributed by atoms with van der Waals surface area (Å²) in [5.41, 5.74) is 0.402. The summed E-state index contributed by atoms with van der Waals surface area (Å²) in [4.78, 5) is 12.8. The molecule has 0 spiro atoms. The van der Waals surface area contributed by atoms with Gasteiger partial charge in [-0.3, -0.25) is 4.79 Å². The highest BCUT2D eigenvalue weighted by molar-refractivity contribution is 7.89. The van der Waals surface area contributed by atoms with Gasteiger partial charge >= 0.3 is 0 Å². The Bertz CT molecular complexity index is 900. The summed E-state index contributed by atoms with van der Waals surface area (Å²) in [7, 11) is -3.58. The molecule has 1 saturated carbocycles. The maximum absolute atomic E-state index is 12.6. The lowest BCUT2D eigenvalue weighted by atomic mass is 9.96. The highest BCUT2D eigenvalue weighted by Crippen LogP contribution is 2.30. The molecule has 1 aromatic heterocycles. The monoisotopic (exact) mass is 404 g/mol. The Morgan fingerprint density at radius 3 is 2.50 bits per heavy atom. The Balaban J connectivity index is 1.70. The van der Waals surface area contributed by atoms with E-state index < -0.39 is 10.0 Å². The molecule has 1 heterocycles. The lowest BCUT2D eigenvalue weighted by Gasteiger charge is -2.23. The highest BCUT2D eigenvalue weighted by Gasteiger charge is 2.20. The van der Waals surface area contributed by atoms with Gasteiger partial charge in [0.2, 0.25) is 10.0 Å². The standard InChI is InChI=1S/C20H28N4O3S/c1-3-15(2)23-28(26,27)18-11-9-16(10-12-18)20(25)22-19-13-14-21-24(19)17-7-5-4-6-8-17/h9-15,17,23H,3-8H2,1-2H3,(H,22,25). The molecule has 8 heteroatoms. The van der Waals surface area contributed by atoms with E-state index in [9.17, 15) is 13.2 Å². The summed E-state index contributed by atoms with van der Waals surface area (Å²) in [5.74, 6) is 0.392. The fraction of sp³-hybridized carbons (Fsp3) is 0.500. The second-order valence-electron chi connectivity index (χ2n) is 7.36. The normalized spacial score (nSPS) is 16.6. The van der Waals surface area contributed by atoms with Gasteiger partial charge in [-0.15, -0.1) is 0 Å². The van der Waals surface area contributed by atoms with E-state index in [1.54, 1.807) is 12.3 Å². The maximum Gasteiger partial charge on any atom is 0.256 e. The van der Waals surface area contributed by atoms with Crippen LogP contribution in [0.5, 0.6) is 0 Å². The number of carbonyl (C=O) groups is 1. The lowest BCUT2D eigenvalue weighted by Crippen LogP contribution is -2.32. The van der Waals surface area contributed by atoms with Gasteiger partial charge < -0.3 is 5.32 Å². The molecule has 0 aliphatic heterocycles. The first-order chi connectivity index (χ1) is 13.4. The average Bonchev–Trinajstić information content (AvgIpc) is 3.16. The van der Waals surface area contributed by atoms with Gasteiger partial charge in [-0.2, -0.15) is 5.10 Å². The van der Waals surface area contributed by atoms with Crippen molar-refractivity contribution in [3.63, 3.8) is 0 Å². The number of hydrogen-bond donors (Lipinski definition) is 2. The Labute approximate surface area is 166 Å².